The average Bonchev–Trinajstić information content (AvgIpc) is 2.36. The van der Waals surface area contributed by atoms with E-state index in [2.05, 4.69) is 10.2 Å². The predicted octanol–water partition coefficient (Wildman–Crippen LogP) is -5.38. The van der Waals surface area contributed by atoms with Crippen LogP contribution in [0.4, 0.5) is 11.4 Å². The van der Waals surface area contributed by atoms with Gasteiger partial charge in [-0.05, 0) is 12.1 Å². The number of nitrogens with one attached hydrogen (secondary N) is 2. The van der Waals surface area contributed by atoms with Gasteiger partial charge in [0.05, 0.1) is 4.90 Å². The maximum atomic E-state index is 11.4. The zero-order valence-electron chi connectivity index (χ0n) is 12.6. The molecule has 9 N–H and O–H groups in total. The molecule has 2 rings (SSSR count). The Morgan fingerprint density at radius 1 is 1.00 bits per heavy atom. The third-order valence-electron chi connectivity index (χ3n) is 2.29. The van der Waals surface area contributed by atoms with E-state index in [4.69, 9.17) is 0 Å². The second kappa shape index (κ2) is 10.9. The van der Waals surface area contributed by atoms with Crippen LogP contribution in [-0.4, -0.2) is 44.5 Å². The molecule has 0 amide bonds. The number of benzene rings is 1. The number of aromatic hydroxyl groups is 1. The molecular formula is C10H13N4NaO9S. The van der Waals surface area contributed by atoms with Crippen LogP contribution in [-0.2, 0) is 10.1 Å². The number of hydrogen-bond acceptors (Lipinski definition) is 8. The van der Waals surface area contributed by atoms with Gasteiger partial charge in [-0.3, -0.25) is 14.8 Å². The molecule has 2 aromatic rings. The Labute approximate surface area is 161 Å². The summed E-state index contributed by atoms with van der Waals surface area (Å²) < 4.78 is 33.1. The van der Waals surface area contributed by atoms with Crippen molar-refractivity contribution in [2.45, 2.75) is 4.90 Å². The Bertz CT molecular complexity index is 938. The van der Waals surface area contributed by atoms with Crippen molar-refractivity contribution in [2.75, 3.05) is 0 Å². The molecule has 13 nitrogen and oxygen atoms in total. The minimum atomic E-state index is -4.77. The zero-order valence-corrected chi connectivity index (χ0v) is 15.4. The molecule has 0 spiro atoms. The van der Waals surface area contributed by atoms with Crippen molar-refractivity contribution in [1.82, 2.24) is 9.97 Å². The molecule has 0 bridgehead atoms. The van der Waals surface area contributed by atoms with Crippen molar-refractivity contribution in [3.8, 4) is 5.88 Å². The quantitative estimate of drug-likeness (QED) is 0.262. The number of aromatic amines is 2. The van der Waals surface area contributed by atoms with Gasteiger partial charge in [0.2, 0.25) is 11.6 Å². The Hall–Kier alpha value is -1.91. The standard InChI is InChI=1S/C10H8N4O6S.Na.3H2O/c15-8-7(9(16)12-10(17)11-8)14-13-5-3-1-2-4-6(5)21(18,19)20;;;;/h1-4H,(H,18,19,20)(H3,11,12,15,16,17);;3*1H2/q;+1;;;/p-1. The number of H-pyrrole nitrogens is 2. The summed E-state index contributed by atoms with van der Waals surface area (Å²) in [6.07, 6.45) is 0. The molecule has 1 aromatic heterocycles. The van der Waals surface area contributed by atoms with Crippen LogP contribution in [0.3, 0.4) is 0 Å². The van der Waals surface area contributed by atoms with Crippen LogP contribution in [0, 0.1) is 0 Å². The van der Waals surface area contributed by atoms with Gasteiger partial charge in [0.1, 0.15) is 15.8 Å². The Kier molecular flexibility index (Phi) is 12.1. The molecule has 0 unspecified atom stereocenters. The molecule has 134 valence electrons. The third-order valence-corrected chi connectivity index (χ3v) is 3.17. The maximum absolute atomic E-state index is 11.4. The summed E-state index contributed by atoms with van der Waals surface area (Å²) in [7, 11) is -4.77. The van der Waals surface area contributed by atoms with Gasteiger partial charge in [-0.1, -0.05) is 12.1 Å². The van der Waals surface area contributed by atoms with Gasteiger partial charge in [-0.15, -0.1) is 10.2 Å². The summed E-state index contributed by atoms with van der Waals surface area (Å²) >= 11 is 0. The largest absolute Gasteiger partial charge is 1.00 e. The summed E-state index contributed by atoms with van der Waals surface area (Å²) in [4.78, 5) is 25.3. The molecular weight excluding hydrogens is 375 g/mol. The van der Waals surface area contributed by atoms with E-state index < -0.39 is 37.8 Å². The van der Waals surface area contributed by atoms with Crippen LogP contribution in [0.2, 0.25) is 0 Å². The molecule has 0 fully saturated rings. The first kappa shape index (κ1) is 27.9. The van der Waals surface area contributed by atoms with Gasteiger partial charge in [-0.2, -0.15) is 0 Å². The molecule has 25 heavy (non-hydrogen) atoms. The fraction of sp³-hybridized carbons (Fsp3) is 0. The smallest absolute Gasteiger partial charge is 0.744 e. The van der Waals surface area contributed by atoms with Gasteiger partial charge in [0, 0.05) is 0 Å². The van der Waals surface area contributed by atoms with Crippen LogP contribution in [0.1, 0.15) is 0 Å². The topological polar surface area (TPSA) is 262 Å². The van der Waals surface area contributed by atoms with E-state index >= 15 is 0 Å². The molecule has 0 atom stereocenters. The second-order valence-electron chi connectivity index (χ2n) is 3.73. The van der Waals surface area contributed by atoms with Crippen molar-refractivity contribution in [3.63, 3.8) is 0 Å². The van der Waals surface area contributed by atoms with Crippen LogP contribution in [0.5, 0.6) is 5.88 Å². The summed E-state index contributed by atoms with van der Waals surface area (Å²) in [5.74, 6) is -0.838. The molecule has 1 aromatic carbocycles. The fourth-order valence-corrected chi connectivity index (χ4v) is 2.03. The van der Waals surface area contributed by atoms with Crippen LogP contribution in [0.15, 0.2) is 49.0 Å². The van der Waals surface area contributed by atoms with Crippen molar-refractivity contribution in [3.05, 3.63) is 45.1 Å². The van der Waals surface area contributed by atoms with E-state index in [0.29, 0.717) is 0 Å². The molecule has 0 aliphatic heterocycles. The minimum Gasteiger partial charge on any atom is -0.744 e. The van der Waals surface area contributed by atoms with Crippen LogP contribution < -0.4 is 40.8 Å². The van der Waals surface area contributed by atoms with Gasteiger partial charge >= 0.3 is 35.2 Å². The van der Waals surface area contributed by atoms with Crippen molar-refractivity contribution in [2.24, 2.45) is 10.2 Å². The van der Waals surface area contributed by atoms with Gasteiger partial charge in [0.15, 0.2) is 0 Å². The Balaban J connectivity index is -0.00000121. The number of aromatic nitrogens is 2. The number of hydrogen-bond donors (Lipinski definition) is 3. The first-order chi connectivity index (χ1) is 9.79. The van der Waals surface area contributed by atoms with Crippen LogP contribution in [0.25, 0.3) is 0 Å². The van der Waals surface area contributed by atoms with Crippen molar-refractivity contribution < 1.29 is 64.1 Å². The van der Waals surface area contributed by atoms with E-state index in [1.54, 1.807) is 4.98 Å². The van der Waals surface area contributed by atoms with E-state index in [0.717, 1.165) is 6.07 Å². The van der Waals surface area contributed by atoms with Gasteiger partial charge < -0.3 is 26.1 Å². The summed E-state index contributed by atoms with van der Waals surface area (Å²) in [5.41, 5.74) is -2.91. The number of rotatable bonds is 3. The number of azo groups is 1. The van der Waals surface area contributed by atoms with Gasteiger partial charge in [0.25, 0.3) is 5.56 Å². The number of nitrogens with zero attached hydrogens (tertiary/aromatic N) is 2. The molecule has 0 aliphatic carbocycles. The van der Waals surface area contributed by atoms with E-state index in [-0.39, 0.29) is 51.7 Å². The maximum Gasteiger partial charge on any atom is 1.00 e. The first-order valence-electron chi connectivity index (χ1n) is 5.31. The third kappa shape index (κ3) is 6.85. The molecule has 0 saturated carbocycles. The minimum absolute atomic E-state index is 0. The molecule has 1 heterocycles. The van der Waals surface area contributed by atoms with Crippen molar-refractivity contribution in [1.29, 1.82) is 0 Å². The van der Waals surface area contributed by atoms with Crippen LogP contribution >= 0.6 is 0 Å². The summed E-state index contributed by atoms with van der Waals surface area (Å²) in [5, 5.41) is 16.2. The molecule has 0 radical (unpaired) electrons. The first-order valence-corrected chi connectivity index (χ1v) is 6.72. The molecule has 0 aliphatic rings. The second-order valence-corrected chi connectivity index (χ2v) is 5.08. The molecule has 0 saturated heterocycles. The fourth-order valence-electron chi connectivity index (χ4n) is 1.42. The Morgan fingerprint density at radius 3 is 2.08 bits per heavy atom. The summed E-state index contributed by atoms with van der Waals surface area (Å²) in [6.45, 7) is 0. The molecule has 15 heteroatoms. The van der Waals surface area contributed by atoms with Crippen molar-refractivity contribution >= 4 is 21.5 Å². The predicted molar refractivity (Wildman–Crippen MR) is 78.8 cm³/mol. The monoisotopic (exact) mass is 388 g/mol. The zero-order chi connectivity index (χ0) is 15.6. The SMILES string of the molecule is O.O.O.O=c1[nH]c(O)c(N=Nc2ccccc2S(=O)(=O)[O-])c(=O)[nH]1.[Na+]. The average molecular weight is 388 g/mol. The van der Waals surface area contributed by atoms with E-state index in [9.17, 15) is 27.7 Å². The normalized spacial score (nSPS) is 9.96. The van der Waals surface area contributed by atoms with Gasteiger partial charge in [-0.25, -0.2) is 13.2 Å². The summed E-state index contributed by atoms with van der Waals surface area (Å²) in [6, 6.07) is 4.92. The van der Waals surface area contributed by atoms with E-state index in [1.165, 1.54) is 18.2 Å². The van der Waals surface area contributed by atoms with E-state index in [1.807, 2.05) is 4.98 Å². The Morgan fingerprint density at radius 2 is 1.56 bits per heavy atom.